The number of hydrogen-bond donors (Lipinski definition) is 0. The van der Waals surface area contributed by atoms with E-state index in [2.05, 4.69) is 53.1 Å². The summed E-state index contributed by atoms with van der Waals surface area (Å²) < 4.78 is 24.8. The maximum absolute atomic E-state index is 13.9. The number of rotatable bonds is 6. The predicted octanol–water partition coefficient (Wildman–Crippen LogP) is 6.02. The maximum Gasteiger partial charge on any atom is 0.314 e. The van der Waals surface area contributed by atoms with Crippen LogP contribution in [0.4, 0.5) is 0 Å². The SMILES string of the molecule is COC(=O)[C@H]1C2C(C)(C(=O)OC)[C@@H](O[Si](C)(C)C)CC[C@@]2(C)C2CC[C@@H]3C[C@@]21C[C@@]3(C)O[Si](C)(C)C. The number of hydrogen-bond acceptors (Lipinski definition) is 6. The number of esters is 2. The first-order valence-electron chi connectivity index (χ1n) is 13.9. The standard InChI is InChI=1S/C28H50O6Si2/c1-25-15-14-20(33-35(6,7)8)27(3,24(30)32-5)22(25)21(23(29)31-4)28-16-18(12-13-19(25)28)26(2,17-28)34-36(9,10)11/h18-22H,12-17H2,1-11H3/t18-,19?,20+,21-,22?,25+,26-,27?,28-/m1/s1. The van der Waals surface area contributed by atoms with Crippen molar-refractivity contribution in [2.24, 2.45) is 39.9 Å². The van der Waals surface area contributed by atoms with E-state index in [0.29, 0.717) is 11.8 Å². The van der Waals surface area contributed by atoms with Crippen molar-refractivity contribution in [1.82, 2.24) is 0 Å². The summed E-state index contributed by atoms with van der Waals surface area (Å²) >= 11 is 0. The second-order valence-electron chi connectivity index (χ2n) is 15.0. The van der Waals surface area contributed by atoms with Crippen molar-refractivity contribution >= 4 is 28.6 Å². The minimum Gasteiger partial charge on any atom is -0.469 e. The van der Waals surface area contributed by atoms with E-state index in [1.807, 2.05) is 6.92 Å². The molecule has 0 N–H and O–H groups in total. The van der Waals surface area contributed by atoms with Crippen LogP contribution < -0.4 is 0 Å². The molecule has 206 valence electrons. The van der Waals surface area contributed by atoms with Gasteiger partial charge in [0, 0.05) is 0 Å². The van der Waals surface area contributed by atoms with Crippen molar-refractivity contribution in [2.45, 2.75) is 110 Å². The van der Waals surface area contributed by atoms with Gasteiger partial charge in [0.05, 0.1) is 37.3 Å². The fourth-order valence-electron chi connectivity index (χ4n) is 9.95. The van der Waals surface area contributed by atoms with Crippen molar-refractivity contribution in [3.8, 4) is 0 Å². The van der Waals surface area contributed by atoms with Gasteiger partial charge in [0.1, 0.15) is 0 Å². The van der Waals surface area contributed by atoms with Crippen LogP contribution in [0.1, 0.15) is 59.3 Å². The summed E-state index contributed by atoms with van der Waals surface area (Å²) in [7, 11) is -0.796. The van der Waals surface area contributed by atoms with E-state index in [1.54, 1.807) is 0 Å². The van der Waals surface area contributed by atoms with Crippen LogP contribution in [0.3, 0.4) is 0 Å². The molecule has 8 heteroatoms. The van der Waals surface area contributed by atoms with Gasteiger partial charge in [-0.05, 0) is 120 Å². The maximum atomic E-state index is 13.9. The van der Waals surface area contributed by atoms with E-state index in [-0.39, 0.29) is 46.3 Å². The molecule has 4 aliphatic rings. The number of methoxy groups -OCH3 is 2. The summed E-state index contributed by atoms with van der Waals surface area (Å²) in [6.07, 6.45) is 5.54. The third kappa shape index (κ3) is 4.08. The van der Waals surface area contributed by atoms with Gasteiger partial charge in [-0.15, -0.1) is 0 Å². The molecule has 0 radical (unpaired) electrons. The van der Waals surface area contributed by atoms with Crippen molar-refractivity contribution in [2.75, 3.05) is 14.2 Å². The van der Waals surface area contributed by atoms with Crippen LogP contribution in [0.25, 0.3) is 0 Å². The second kappa shape index (κ2) is 8.65. The van der Waals surface area contributed by atoms with Crippen molar-refractivity contribution in [3.63, 3.8) is 0 Å². The molecule has 9 atom stereocenters. The lowest BCUT2D eigenvalue weighted by molar-refractivity contribution is -0.183. The lowest BCUT2D eigenvalue weighted by Gasteiger charge is -2.55. The molecule has 36 heavy (non-hydrogen) atoms. The highest BCUT2D eigenvalue weighted by Crippen LogP contribution is 2.79. The minimum absolute atomic E-state index is 0.170. The van der Waals surface area contributed by atoms with Crippen LogP contribution >= 0.6 is 0 Å². The summed E-state index contributed by atoms with van der Waals surface area (Å²) in [5, 5.41) is 0. The van der Waals surface area contributed by atoms with Crippen LogP contribution in [0, 0.1) is 39.9 Å². The highest BCUT2D eigenvalue weighted by molar-refractivity contribution is 6.70. The van der Waals surface area contributed by atoms with Gasteiger partial charge in [-0.3, -0.25) is 9.59 Å². The molecule has 0 aromatic heterocycles. The molecule has 0 amide bonds. The Kier molecular flexibility index (Phi) is 6.80. The molecular weight excluding hydrogens is 488 g/mol. The molecule has 0 saturated heterocycles. The van der Waals surface area contributed by atoms with Crippen LogP contribution in [-0.2, 0) is 27.9 Å². The van der Waals surface area contributed by atoms with Gasteiger partial charge >= 0.3 is 11.9 Å². The third-order valence-corrected chi connectivity index (χ3v) is 12.6. The Morgan fingerprint density at radius 2 is 1.50 bits per heavy atom. The first-order chi connectivity index (χ1) is 16.4. The second-order valence-corrected chi connectivity index (χ2v) is 23.9. The molecule has 1 spiro atoms. The molecule has 4 saturated carbocycles. The lowest BCUT2D eigenvalue weighted by Crippen LogP contribution is -2.60. The van der Waals surface area contributed by atoms with Gasteiger partial charge in [0.15, 0.2) is 16.6 Å². The third-order valence-electron chi connectivity index (χ3n) is 10.5. The number of carbonyl (C=O) groups is 2. The number of fused-ring (bicyclic) bond motifs is 3. The summed E-state index contributed by atoms with van der Waals surface area (Å²) in [6.45, 7) is 20.0. The van der Waals surface area contributed by atoms with Gasteiger partial charge in [-0.25, -0.2) is 0 Å². The molecular formula is C28H50O6Si2. The zero-order valence-electron chi connectivity index (χ0n) is 24.6. The Morgan fingerprint density at radius 3 is 2.03 bits per heavy atom. The van der Waals surface area contributed by atoms with Crippen molar-refractivity contribution in [3.05, 3.63) is 0 Å². The first-order valence-corrected chi connectivity index (χ1v) is 20.7. The van der Waals surface area contributed by atoms with Crippen LogP contribution in [0.5, 0.6) is 0 Å². The highest BCUT2D eigenvalue weighted by atomic mass is 28.4. The van der Waals surface area contributed by atoms with E-state index in [1.165, 1.54) is 14.2 Å². The number of carbonyl (C=O) groups excluding carboxylic acids is 2. The van der Waals surface area contributed by atoms with E-state index in [4.69, 9.17) is 18.3 Å². The van der Waals surface area contributed by atoms with Crippen molar-refractivity contribution in [1.29, 1.82) is 0 Å². The largest absolute Gasteiger partial charge is 0.469 e. The molecule has 0 aliphatic heterocycles. The Balaban J connectivity index is 1.90. The Bertz CT molecular complexity index is 911. The fourth-order valence-corrected chi connectivity index (χ4v) is 12.8. The first kappa shape index (κ1) is 28.3. The van der Waals surface area contributed by atoms with E-state index in [9.17, 15) is 9.59 Å². The van der Waals surface area contributed by atoms with E-state index in [0.717, 1.165) is 38.5 Å². The molecule has 4 aliphatic carbocycles. The molecule has 3 unspecified atom stereocenters. The average Bonchev–Trinajstić information content (AvgIpc) is 3.10. The Hall–Kier alpha value is -0.706. The van der Waals surface area contributed by atoms with Gasteiger partial charge < -0.3 is 18.3 Å². The normalized spacial score (nSPS) is 46.1. The zero-order chi connectivity index (χ0) is 27.1. The van der Waals surface area contributed by atoms with E-state index < -0.39 is 22.0 Å². The zero-order valence-corrected chi connectivity index (χ0v) is 26.6. The molecule has 0 heterocycles. The van der Waals surface area contributed by atoms with Gasteiger partial charge in [0.2, 0.25) is 0 Å². The smallest absolute Gasteiger partial charge is 0.314 e. The molecule has 0 aromatic carbocycles. The summed E-state index contributed by atoms with van der Waals surface area (Å²) in [5.74, 6) is -0.215. The highest BCUT2D eigenvalue weighted by Gasteiger charge is 2.79. The van der Waals surface area contributed by atoms with Crippen molar-refractivity contribution < 1.29 is 27.9 Å². The van der Waals surface area contributed by atoms with Gasteiger partial charge in [0.25, 0.3) is 0 Å². The number of ether oxygens (including phenoxy) is 2. The summed E-state index contributed by atoms with van der Waals surface area (Å²) in [5.41, 5.74) is -1.56. The quantitative estimate of drug-likeness (QED) is 0.304. The topological polar surface area (TPSA) is 71.1 Å². The summed E-state index contributed by atoms with van der Waals surface area (Å²) in [6, 6.07) is 0. The van der Waals surface area contributed by atoms with Crippen LogP contribution in [-0.4, -0.2) is 54.5 Å². The van der Waals surface area contributed by atoms with Crippen LogP contribution in [0.15, 0.2) is 0 Å². The Labute approximate surface area is 220 Å². The van der Waals surface area contributed by atoms with E-state index >= 15 is 0 Å². The molecule has 0 aromatic rings. The summed E-state index contributed by atoms with van der Waals surface area (Å²) in [4.78, 5) is 27.7. The predicted molar refractivity (Wildman–Crippen MR) is 145 cm³/mol. The lowest BCUT2D eigenvalue weighted by atomic mass is 9.52. The van der Waals surface area contributed by atoms with Gasteiger partial charge in [-0.2, -0.15) is 0 Å². The Morgan fingerprint density at radius 1 is 0.861 bits per heavy atom. The average molecular weight is 539 g/mol. The van der Waals surface area contributed by atoms with Gasteiger partial charge in [-0.1, -0.05) is 6.92 Å². The molecule has 4 fully saturated rings. The minimum atomic E-state index is -1.96. The monoisotopic (exact) mass is 538 g/mol. The molecule has 6 nitrogen and oxygen atoms in total. The molecule has 4 rings (SSSR count). The van der Waals surface area contributed by atoms with Crippen LogP contribution in [0.2, 0.25) is 39.3 Å². The fraction of sp³-hybridized carbons (Fsp3) is 0.929. The molecule has 2 bridgehead atoms.